The lowest BCUT2D eigenvalue weighted by Crippen LogP contribution is -2.16. The summed E-state index contributed by atoms with van der Waals surface area (Å²) in [6, 6.07) is 10.8. The summed E-state index contributed by atoms with van der Waals surface area (Å²) in [6.45, 7) is 6.09. The number of nitrogens with zero attached hydrogens (tertiary/aromatic N) is 3. The first-order valence-corrected chi connectivity index (χ1v) is 6.91. The maximum Gasteiger partial charge on any atom is 0.223 e. The highest BCUT2D eigenvalue weighted by molar-refractivity contribution is 9.10. The van der Waals surface area contributed by atoms with Crippen LogP contribution < -0.4 is 4.74 Å². The second-order valence-corrected chi connectivity index (χ2v) is 6.13. The Morgan fingerprint density at radius 3 is 2.55 bits per heavy atom. The second-order valence-electron chi connectivity index (χ2n) is 5.31. The summed E-state index contributed by atoms with van der Waals surface area (Å²) < 4.78 is 6.37. The van der Waals surface area contributed by atoms with Crippen molar-refractivity contribution in [3.8, 4) is 17.7 Å². The summed E-state index contributed by atoms with van der Waals surface area (Å²) in [5.74, 6) is 1.58. The van der Waals surface area contributed by atoms with E-state index in [0.29, 0.717) is 27.6 Å². The van der Waals surface area contributed by atoms with E-state index in [2.05, 4.69) is 32.0 Å². The summed E-state index contributed by atoms with van der Waals surface area (Å²) in [5, 5.41) is 9.06. The summed E-state index contributed by atoms with van der Waals surface area (Å²) in [6.07, 6.45) is 0. The smallest absolute Gasteiger partial charge is 0.223 e. The van der Waals surface area contributed by atoms with Crippen LogP contribution in [-0.4, -0.2) is 9.97 Å². The van der Waals surface area contributed by atoms with Gasteiger partial charge < -0.3 is 4.74 Å². The average Bonchev–Trinajstić information content (AvgIpc) is 2.37. The molecule has 0 radical (unpaired) electrons. The first-order valence-electron chi connectivity index (χ1n) is 6.12. The van der Waals surface area contributed by atoms with E-state index >= 15 is 0 Å². The van der Waals surface area contributed by atoms with Gasteiger partial charge in [0.15, 0.2) is 0 Å². The van der Waals surface area contributed by atoms with Crippen molar-refractivity contribution in [2.24, 2.45) is 0 Å². The number of hydrogen-bond donors (Lipinski definition) is 0. The lowest BCUT2D eigenvalue weighted by Gasteiger charge is -2.17. The molecule has 102 valence electrons. The highest BCUT2D eigenvalue weighted by atomic mass is 79.9. The van der Waals surface area contributed by atoms with Gasteiger partial charge >= 0.3 is 0 Å². The van der Waals surface area contributed by atoms with Gasteiger partial charge in [0.25, 0.3) is 0 Å². The minimum absolute atomic E-state index is 0.184. The standard InChI is InChI=1S/C15H14BrN3O/c1-15(2,3)14-18-12(16)8-13(19-14)20-11-7-5-4-6-10(11)9-17/h4-8H,1-3H3. The number of nitriles is 1. The molecule has 2 rings (SSSR count). The molecule has 0 unspecified atom stereocenters. The fourth-order valence-electron chi connectivity index (χ4n) is 1.55. The van der Waals surface area contributed by atoms with Crippen molar-refractivity contribution in [2.75, 3.05) is 0 Å². The Kier molecular flexibility index (Phi) is 4.05. The predicted octanol–water partition coefficient (Wildman–Crippen LogP) is 4.20. The molecule has 4 nitrogen and oxygen atoms in total. The quantitative estimate of drug-likeness (QED) is 0.773. The third kappa shape index (κ3) is 3.34. The number of benzene rings is 1. The normalized spacial score (nSPS) is 10.9. The van der Waals surface area contributed by atoms with Crippen LogP contribution in [0, 0.1) is 11.3 Å². The number of hydrogen-bond acceptors (Lipinski definition) is 4. The van der Waals surface area contributed by atoms with Gasteiger partial charge in [-0.15, -0.1) is 0 Å². The maximum absolute atomic E-state index is 9.06. The lowest BCUT2D eigenvalue weighted by atomic mass is 9.96. The van der Waals surface area contributed by atoms with Crippen LogP contribution >= 0.6 is 15.9 Å². The zero-order valence-corrected chi connectivity index (χ0v) is 13.1. The molecule has 0 aliphatic carbocycles. The predicted molar refractivity (Wildman–Crippen MR) is 79.7 cm³/mol. The molecule has 0 amide bonds. The topological polar surface area (TPSA) is 58.8 Å². The zero-order valence-electron chi connectivity index (χ0n) is 11.5. The Morgan fingerprint density at radius 2 is 1.90 bits per heavy atom. The fourth-order valence-corrected chi connectivity index (χ4v) is 1.91. The van der Waals surface area contributed by atoms with E-state index in [9.17, 15) is 0 Å². The minimum atomic E-state index is -0.184. The Labute approximate surface area is 126 Å². The van der Waals surface area contributed by atoms with E-state index in [0.717, 1.165) is 0 Å². The van der Waals surface area contributed by atoms with Gasteiger partial charge in [0.05, 0.1) is 5.56 Å². The number of rotatable bonds is 2. The van der Waals surface area contributed by atoms with E-state index in [1.807, 2.05) is 26.8 Å². The van der Waals surface area contributed by atoms with E-state index in [1.165, 1.54) is 0 Å². The van der Waals surface area contributed by atoms with E-state index in [-0.39, 0.29) is 5.41 Å². The molecule has 0 saturated carbocycles. The van der Waals surface area contributed by atoms with Crippen molar-refractivity contribution in [1.29, 1.82) is 5.26 Å². The van der Waals surface area contributed by atoms with Gasteiger partial charge in [-0.25, -0.2) is 4.98 Å². The lowest BCUT2D eigenvalue weighted by molar-refractivity contribution is 0.443. The van der Waals surface area contributed by atoms with Crippen LogP contribution in [0.3, 0.4) is 0 Å². The maximum atomic E-state index is 9.06. The van der Waals surface area contributed by atoms with Crippen molar-refractivity contribution in [2.45, 2.75) is 26.2 Å². The summed E-state index contributed by atoms with van der Waals surface area (Å²) in [4.78, 5) is 8.75. The van der Waals surface area contributed by atoms with Crippen LogP contribution in [-0.2, 0) is 5.41 Å². The van der Waals surface area contributed by atoms with Crippen molar-refractivity contribution in [1.82, 2.24) is 9.97 Å². The number of para-hydroxylation sites is 1. The van der Waals surface area contributed by atoms with Crippen molar-refractivity contribution >= 4 is 15.9 Å². The molecule has 1 aromatic carbocycles. The first-order chi connectivity index (χ1) is 9.40. The van der Waals surface area contributed by atoms with Crippen LogP contribution in [0.5, 0.6) is 11.6 Å². The molecule has 20 heavy (non-hydrogen) atoms. The van der Waals surface area contributed by atoms with E-state index in [4.69, 9.17) is 10.00 Å². The SMILES string of the molecule is CC(C)(C)c1nc(Br)cc(Oc2ccccc2C#N)n1. The van der Waals surface area contributed by atoms with Gasteiger partial charge in [-0.05, 0) is 28.1 Å². The van der Waals surface area contributed by atoms with Gasteiger partial charge in [-0.2, -0.15) is 10.2 Å². The van der Waals surface area contributed by atoms with Crippen molar-refractivity contribution < 1.29 is 4.74 Å². The van der Waals surface area contributed by atoms with Crippen LogP contribution in [0.2, 0.25) is 0 Å². The third-order valence-corrected chi connectivity index (χ3v) is 2.97. The molecular formula is C15H14BrN3O. The molecule has 0 spiro atoms. The average molecular weight is 332 g/mol. The molecule has 0 atom stereocenters. The molecule has 1 aromatic heterocycles. The van der Waals surface area contributed by atoms with Gasteiger partial charge in [0, 0.05) is 11.5 Å². The molecule has 0 aliphatic heterocycles. The summed E-state index contributed by atoms with van der Waals surface area (Å²) in [7, 11) is 0. The summed E-state index contributed by atoms with van der Waals surface area (Å²) in [5.41, 5.74) is 0.288. The Morgan fingerprint density at radius 1 is 1.20 bits per heavy atom. The van der Waals surface area contributed by atoms with E-state index < -0.39 is 0 Å². The molecule has 2 aromatic rings. The monoisotopic (exact) mass is 331 g/mol. The first kappa shape index (κ1) is 14.5. The molecular weight excluding hydrogens is 318 g/mol. The number of ether oxygens (including phenoxy) is 1. The van der Waals surface area contributed by atoms with Crippen LogP contribution in [0.25, 0.3) is 0 Å². The second kappa shape index (κ2) is 5.59. The molecule has 5 heteroatoms. The Bertz CT molecular complexity index is 672. The Balaban J connectivity index is 2.40. The third-order valence-electron chi connectivity index (χ3n) is 2.56. The fraction of sp³-hybridized carbons (Fsp3) is 0.267. The van der Waals surface area contributed by atoms with Crippen LogP contribution in [0.1, 0.15) is 32.2 Å². The molecule has 0 saturated heterocycles. The molecule has 0 fully saturated rings. The van der Waals surface area contributed by atoms with Crippen molar-refractivity contribution in [3.63, 3.8) is 0 Å². The molecule has 0 bridgehead atoms. The molecule has 1 heterocycles. The largest absolute Gasteiger partial charge is 0.437 e. The number of halogens is 1. The van der Waals surface area contributed by atoms with Crippen LogP contribution in [0.4, 0.5) is 0 Å². The van der Waals surface area contributed by atoms with Crippen LogP contribution in [0.15, 0.2) is 34.9 Å². The van der Waals surface area contributed by atoms with E-state index in [1.54, 1.807) is 24.3 Å². The van der Waals surface area contributed by atoms with Gasteiger partial charge in [-0.1, -0.05) is 32.9 Å². The summed E-state index contributed by atoms with van der Waals surface area (Å²) >= 11 is 3.36. The number of aromatic nitrogens is 2. The van der Waals surface area contributed by atoms with Crippen molar-refractivity contribution in [3.05, 3.63) is 46.3 Å². The van der Waals surface area contributed by atoms with Gasteiger partial charge in [-0.3, -0.25) is 0 Å². The highest BCUT2D eigenvalue weighted by Crippen LogP contribution is 2.28. The molecule has 0 N–H and O–H groups in total. The highest BCUT2D eigenvalue weighted by Gasteiger charge is 2.19. The minimum Gasteiger partial charge on any atom is -0.437 e. The van der Waals surface area contributed by atoms with Gasteiger partial charge in [0.1, 0.15) is 22.2 Å². The molecule has 0 aliphatic rings. The zero-order chi connectivity index (χ0) is 14.8. The van der Waals surface area contributed by atoms with Gasteiger partial charge in [0.2, 0.25) is 5.88 Å². The Hall–Kier alpha value is -1.93.